The van der Waals surface area contributed by atoms with Gasteiger partial charge in [0.05, 0.1) is 29.3 Å². The average molecular weight is 446 g/mol. The van der Waals surface area contributed by atoms with Gasteiger partial charge in [-0.15, -0.1) is 0 Å². The summed E-state index contributed by atoms with van der Waals surface area (Å²) in [7, 11) is 0. The fraction of sp³-hybridized carbons (Fsp3) is 0.292. The quantitative estimate of drug-likeness (QED) is 0.475. The number of rotatable bonds is 7. The van der Waals surface area contributed by atoms with Gasteiger partial charge < -0.3 is 16.0 Å². The van der Waals surface area contributed by atoms with E-state index in [0.29, 0.717) is 28.8 Å². The van der Waals surface area contributed by atoms with Crippen LogP contribution >= 0.6 is 0 Å². The highest BCUT2D eigenvalue weighted by molar-refractivity contribution is 6.08. The smallest absolute Gasteiger partial charge is 0.259 e. The van der Waals surface area contributed by atoms with Crippen molar-refractivity contribution in [3.8, 4) is 6.07 Å². The molecule has 0 saturated heterocycles. The predicted molar refractivity (Wildman–Crippen MR) is 124 cm³/mol. The molecular weight excluding hydrogens is 421 g/mol. The van der Waals surface area contributed by atoms with Crippen molar-refractivity contribution in [3.63, 3.8) is 0 Å². The lowest BCUT2D eigenvalue weighted by atomic mass is 9.89. The zero-order valence-electron chi connectivity index (χ0n) is 18.0. The monoisotopic (exact) mass is 445 g/mol. The second kappa shape index (κ2) is 10.5. The molecule has 168 valence electrons. The molecule has 3 aromatic rings. The van der Waals surface area contributed by atoms with Crippen LogP contribution < -0.4 is 16.0 Å². The molecule has 1 saturated carbocycles. The van der Waals surface area contributed by atoms with Gasteiger partial charge in [-0.2, -0.15) is 5.26 Å². The molecule has 0 bridgehead atoms. The first-order valence-corrected chi connectivity index (χ1v) is 10.9. The van der Waals surface area contributed by atoms with Gasteiger partial charge in [0.25, 0.3) is 5.91 Å². The van der Waals surface area contributed by atoms with Gasteiger partial charge >= 0.3 is 0 Å². The number of carbonyl (C=O) groups is 1. The molecule has 0 aliphatic heterocycles. The third kappa shape index (κ3) is 5.80. The van der Waals surface area contributed by atoms with Crippen LogP contribution in [0.5, 0.6) is 0 Å². The maximum absolute atomic E-state index is 14.0. The van der Waals surface area contributed by atoms with E-state index in [2.05, 4.69) is 30.9 Å². The Labute approximate surface area is 191 Å². The summed E-state index contributed by atoms with van der Waals surface area (Å²) < 4.78 is 14.0. The first-order chi connectivity index (χ1) is 16.1. The Kier molecular flexibility index (Phi) is 7.05. The lowest BCUT2D eigenvalue weighted by molar-refractivity contribution is 0.102. The number of carbonyl (C=O) groups excluding carboxylic acids is 1. The predicted octanol–water partition coefficient (Wildman–Crippen LogP) is 4.87. The van der Waals surface area contributed by atoms with Crippen LogP contribution in [-0.2, 0) is 0 Å². The highest BCUT2D eigenvalue weighted by Crippen LogP contribution is 2.27. The molecule has 3 N–H and O–H groups in total. The largest absolute Gasteiger partial charge is 0.384 e. The summed E-state index contributed by atoms with van der Waals surface area (Å²) in [6.45, 7) is 0.736. The van der Waals surface area contributed by atoms with Crippen molar-refractivity contribution in [1.82, 2.24) is 15.0 Å². The standard InChI is InChI=1S/C24H24FN7O/c25-19-8-4-5-9-20(19)31-24(33)18-14-30-22(32-23-15-27-17(11-26)13-29-23)10-21(18)28-12-16-6-2-1-3-7-16/h4-5,8-10,13-16H,1-3,6-7,12H2,(H,31,33)(H2,28,29,30,32). The number of nitrogens with one attached hydrogen (secondary N) is 3. The Morgan fingerprint density at radius 2 is 1.82 bits per heavy atom. The number of hydrogen-bond acceptors (Lipinski definition) is 7. The first kappa shape index (κ1) is 22.1. The molecule has 9 heteroatoms. The summed E-state index contributed by atoms with van der Waals surface area (Å²) in [6, 6.07) is 9.67. The fourth-order valence-electron chi connectivity index (χ4n) is 3.83. The minimum absolute atomic E-state index is 0.107. The van der Waals surface area contributed by atoms with Crippen molar-refractivity contribution < 1.29 is 9.18 Å². The van der Waals surface area contributed by atoms with Crippen LogP contribution in [-0.4, -0.2) is 27.4 Å². The summed E-state index contributed by atoms with van der Waals surface area (Å²) in [6.07, 6.45) is 10.2. The van der Waals surface area contributed by atoms with Crippen LogP contribution in [0.4, 0.5) is 27.4 Å². The first-order valence-electron chi connectivity index (χ1n) is 10.9. The lowest BCUT2D eigenvalue weighted by Crippen LogP contribution is -2.20. The molecule has 1 aliphatic carbocycles. The molecule has 8 nitrogen and oxygen atoms in total. The van der Waals surface area contributed by atoms with E-state index in [1.54, 1.807) is 18.2 Å². The third-order valence-corrected chi connectivity index (χ3v) is 5.60. The Morgan fingerprint density at radius 1 is 1.03 bits per heavy atom. The second-order valence-corrected chi connectivity index (χ2v) is 7.96. The molecule has 1 aliphatic rings. The zero-order valence-corrected chi connectivity index (χ0v) is 18.0. The van der Waals surface area contributed by atoms with E-state index in [4.69, 9.17) is 5.26 Å². The van der Waals surface area contributed by atoms with Gasteiger partial charge in [0, 0.05) is 18.8 Å². The summed E-state index contributed by atoms with van der Waals surface area (Å²) in [5.74, 6) is 0.456. The van der Waals surface area contributed by atoms with Gasteiger partial charge in [-0.05, 0) is 30.9 Å². The van der Waals surface area contributed by atoms with Gasteiger partial charge in [0.1, 0.15) is 23.5 Å². The molecule has 0 spiro atoms. The molecule has 4 rings (SSSR count). The molecule has 2 heterocycles. The number of halogens is 1. The molecule has 0 unspecified atom stereocenters. The number of aromatic nitrogens is 3. The van der Waals surface area contributed by atoms with Crippen LogP contribution in [0, 0.1) is 23.1 Å². The third-order valence-electron chi connectivity index (χ3n) is 5.60. The van der Waals surface area contributed by atoms with Crippen molar-refractivity contribution in [2.75, 3.05) is 22.5 Å². The van der Waals surface area contributed by atoms with Crippen LogP contribution in [0.3, 0.4) is 0 Å². The molecule has 0 radical (unpaired) electrons. The number of hydrogen-bond donors (Lipinski definition) is 3. The number of amides is 1. The van der Waals surface area contributed by atoms with Crippen molar-refractivity contribution in [2.24, 2.45) is 5.92 Å². The molecule has 33 heavy (non-hydrogen) atoms. The van der Waals surface area contributed by atoms with Gasteiger partial charge in [-0.3, -0.25) is 4.79 Å². The van der Waals surface area contributed by atoms with E-state index in [1.165, 1.54) is 50.0 Å². The summed E-state index contributed by atoms with van der Waals surface area (Å²) in [4.78, 5) is 25.4. The van der Waals surface area contributed by atoms with Gasteiger partial charge in [-0.25, -0.2) is 19.3 Å². The van der Waals surface area contributed by atoms with E-state index in [-0.39, 0.29) is 11.4 Å². The van der Waals surface area contributed by atoms with E-state index in [9.17, 15) is 9.18 Å². The fourth-order valence-corrected chi connectivity index (χ4v) is 3.83. The Bertz CT molecular complexity index is 1150. The summed E-state index contributed by atoms with van der Waals surface area (Å²) in [5, 5.41) is 17.9. The number of pyridine rings is 1. The van der Waals surface area contributed by atoms with Crippen LogP contribution in [0.25, 0.3) is 0 Å². The van der Waals surface area contributed by atoms with Crippen molar-refractivity contribution in [1.29, 1.82) is 5.26 Å². The van der Waals surface area contributed by atoms with E-state index in [1.807, 2.05) is 6.07 Å². The minimum Gasteiger partial charge on any atom is -0.384 e. The highest BCUT2D eigenvalue weighted by Gasteiger charge is 2.18. The number of benzene rings is 1. The highest BCUT2D eigenvalue weighted by atomic mass is 19.1. The van der Waals surface area contributed by atoms with Crippen LogP contribution in [0.1, 0.15) is 48.2 Å². The number of nitrogens with zero attached hydrogens (tertiary/aromatic N) is 4. The lowest BCUT2D eigenvalue weighted by Gasteiger charge is -2.23. The van der Waals surface area contributed by atoms with Gasteiger partial charge in [0.15, 0.2) is 5.69 Å². The van der Waals surface area contributed by atoms with Crippen LogP contribution in [0.2, 0.25) is 0 Å². The van der Waals surface area contributed by atoms with Crippen molar-refractivity contribution in [2.45, 2.75) is 32.1 Å². The summed E-state index contributed by atoms with van der Waals surface area (Å²) in [5.41, 5.74) is 1.22. The van der Waals surface area contributed by atoms with Crippen LogP contribution in [0.15, 0.2) is 48.9 Å². The minimum atomic E-state index is -0.506. The Hall–Kier alpha value is -4.06. The maximum Gasteiger partial charge on any atom is 0.259 e. The van der Waals surface area contributed by atoms with Crippen molar-refractivity contribution >= 4 is 28.9 Å². The number of nitriles is 1. The van der Waals surface area contributed by atoms with Gasteiger partial charge in [0.2, 0.25) is 0 Å². The molecule has 2 aromatic heterocycles. The molecule has 1 aromatic carbocycles. The maximum atomic E-state index is 14.0. The molecule has 0 atom stereocenters. The molecule has 1 fully saturated rings. The van der Waals surface area contributed by atoms with Gasteiger partial charge in [-0.1, -0.05) is 31.4 Å². The Balaban J connectivity index is 1.56. The van der Waals surface area contributed by atoms with E-state index >= 15 is 0 Å². The number of anilines is 4. The molecule has 1 amide bonds. The molecular formula is C24H24FN7O. The number of para-hydroxylation sites is 1. The summed E-state index contributed by atoms with van der Waals surface area (Å²) >= 11 is 0. The van der Waals surface area contributed by atoms with E-state index in [0.717, 1.165) is 19.4 Å². The topological polar surface area (TPSA) is 116 Å². The average Bonchev–Trinajstić information content (AvgIpc) is 2.85. The SMILES string of the molecule is N#Cc1cnc(Nc2cc(NCC3CCCCC3)c(C(=O)Nc3ccccc3F)cn2)cn1. The van der Waals surface area contributed by atoms with Crippen molar-refractivity contribution in [3.05, 3.63) is 66.0 Å². The Morgan fingerprint density at radius 3 is 2.55 bits per heavy atom. The second-order valence-electron chi connectivity index (χ2n) is 7.96. The normalized spacial score (nSPS) is 13.7. The van der Waals surface area contributed by atoms with E-state index < -0.39 is 11.7 Å². The zero-order chi connectivity index (χ0) is 23.0.